The van der Waals surface area contributed by atoms with Crippen LogP contribution in [0.1, 0.15) is 5.69 Å². The molecule has 0 radical (unpaired) electrons. The van der Waals surface area contributed by atoms with E-state index in [1.165, 1.54) is 24.3 Å². The van der Waals surface area contributed by atoms with Crippen molar-refractivity contribution in [3.05, 3.63) is 42.2 Å². The van der Waals surface area contributed by atoms with Crippen LogP contribution in [0.3, 0.4) is 0 Å². The highest BCUT2D eigenvalue weighted by atomic mass is 19.4. The topological polar surface area (TPSA) is 55.2 Å². The van der Waals surface area contributed by atoms with E-state index in [0.717, 1.165) is 12.3 Å². The summed E-state index contributed by atoms with van der Waals surface area (Å²) in [5, 5.41) is 9.17. The van der Waals surface area contributed by atoms with Crippen molar-refractivity contribution in [1.82, 2.24) is 9.97 Å². The van der Waals surface area contributed by atoms with Crippen molar-refractivity contribution in [2.75, 3.05) is 0 Å². The molecule has 0 unspecified atom stereocenters. The highest BCUT2D eigenvalue weighted by Gasteiger charge is 2.33. The first-order valence-electron chi connectivity index (χ1n) is 4.82. The Morgan fingerprint density at radius 2 is 1.94 bits per heavy atom. The van der Waals surface area contributed by atoms with Crippen LogP contribution in [0.25, 0.3) is 0 Å². The van der Waals surface area contributed by atoms with Crippen molar-refractivity contribution in [3.8, 4) is 17.5 Å². The number of phenolic OH excluding ortho intramolecular Hbond substituents is 1. The van der Waals surface area contributed by atoms with Gasteiger partial charge >= 0.3 is 12.2 Å². The number of aromatic hydroxyl groups is 1. The fourth-order valence-electron chi connectivity index (χ4n) is 1.20. The van der Waals surface area contributed by atoms with E-state index < -0.39 is 17.9 Å². The lowest BCUT2D eigenvalue weighted by atomic mass is 10.3. The molecule has 0 aliphatic carbocycles. The molecule has 2 rings (SSSR count). The maximum atomic E-state index is 12.4. The standard InChI is InChI=1S/C11H7F3N2O2/c12-11(13,14)9-4-5-15-10(16-9)18-8-3-1-2-7(17)6-8/h1-6,17H. The van der Waals surface area contributed by atoms with E-state index in [1.807, 2.05) is 0 Å². The molecule has 0 bridgehead atoms. The van der Waals surface area contributed by atoms with E-state index in [-0.39, 0.29) is 11.5 Å². The molecule has 1 aromatic heterocycles. The van der Waals surface area contributed by atoms with E-state index in [9.17, 15) is 18.3 Å². The number of benzene rings is 1. The smallest absolute Gasteiger partial charge is 0.433 e. The summed E-state index contributed by atoms with van der Waals surface area (Å²) in [5.74, 6) is 0.0776. The summed E-state index contributed by atoms with van der Waals surface area (Å²) in [4.78, 5) is 6.79. The van der Waals surface area contributed by atoms with E-state index >= 15 is 0 Å². The molecule has 2 aromatic rings. The number of alkyl halides is 3. The number of hydrogen-bond acceptors (Lipinski definition) is 4. The molecule has 0 aliphatic heterocycles. The van der Waals surface area contributed by atoms with E-state index in [0.29, 0.717) is 0 Å². The first-order valence-corrected chi connectivity index (χ1v) is 4.82. The predicted octanol–water partition coefficient (Wildman–Crippen LogP) is 2.99. The number of rotatable bonds is 2. The van der Waals surface area contributed by atoms with Crippen LogP contribution in [0.2, 0.25) is 0 Å². The van der Waals surface area contributed by atoms with Gasteiger partial charge in [0.25, 0.3) is 0 Å². The Morgan fingerprint density at radius 3 is 2.61 bits per heavy atom. The molecule has 0 saturated heterocycles. The Hall–Kier alpha value is -2.31. The van der Waals surface area contributed by atoms with Crippen LogP contribution in [-0.2, 0) is 6.18 Å². The van der Waals surface area contributed by atoms with Crippen LogP contribution in [-0.4, -0.2) is 15.1 Å². The van der Waals surface area contributed by atoms with Crippen LogP contribution < -0.4 is 4.74 Å². The van der Waals surface area contributed by atoms with Gasteiger partial charge in [0.2, 0.25) is 0 Å². The molecule has 0 atom stereocenters. The minimum Gasteiger partial charge on any atom is -0.508 e. The number of ether oxygens (including phenoxy) is 1. The molecule has 1 heterocycles. The van der Waals surface area contributed by atoms with Crippen LogP contribution in [0, 0.1) is 0 Å². The summed E-state index contributed by atoms with van der Waals surface area (Å²) >= 11 is 0. The molecular formula is C11H7F3N2O2. The first kappa shape index (κ1) is 12.2. The summed E-state index contributed by atoms with van der Waals surface area (Å²) < 4.78 is 42.2. The largest absolute Gasteiger partial charge is 0.508 e. The highest BCUT2D eigenvalue weighted by Crippen LogP contribution is 2.29. The van der Waals surface area contributed by atoms with Gasteiger partial charge in [-0.25, -0.2) is 4.98 Å². The second-order valence-electron chi connectivity index (χ2n) is 3.32. The van der Waals surface area contributed by atoms with Gasteiger partial charge in [-0.1, -0.05) is 6.07 Å². The zero-order valence-corrected chi connectivity index (χ0v) is 8.85. The average molecular weight is 256 g/mol. The lowest BCUT2D eigenvalue weighted by Crippen LogP contribution is -2.08. The quantitative estimate of drug-likeness (QED) is 0.897. The summed E-state index contributed by atoms with van der Waals surface area (Å²) in [6.07, 6.45) is -3.60. The Labute approximate surface area is 99.7 Å². The molecule has 4 nitrogen and oxygen atoms in total. The van der Waals surface area contributed by atoms with E-state index in [2.05, 4.69) is 9.97 Å². The van der Waals surface area contributed by atoms with Crippen molar-refractivity contribution in [3.63, 3.8) is 0 Å². The maximum Gasteiger partial charge on any atom is 0.433 e. The average Bonchev–Trinajstić information content (AvgIpc) is 2.28. The lowest BCUT2D eigenvalue weighted by molar-refractivity contribution is -0.141. The fourth-order valence-corrected chi connectivity index (χ4v) is 1.20. The number of nitrogens with zero attached hydrogens (tertiary/aromatic N) is 2. The summed E-state index contributed by atoms with van der Waals surface area (Å²) in [6, 6.07) is 5.90. The Kier molecular flexibility index (Phi) is 3.05. The molecule has 7 heteroatoms. The third kappa shape index (κ3) is 2.88. The summed E-state index contributed by atoms with van der Waals surface area (Å²) in [6.45, 7) is 0. The molecule has 0 fully saturated rings. The first-order chi connectivity index (χ1) is 8.45. The number of hydrogen-bond donors (Lipinski definition) is 1. The summed E-state index contributed by atoms with van der Waals surface area (Å²) in [5.41, 5.74) is -1.09. The van der Waals surface area contributed by atoms with Gasteiger partial charge in [-0.05, 0) is 18.2 Å². The van der Waals surface area contributed by atoms with Gasteiger partial charge in [0, 0.05) is 12.3 Å². The van der Waals surface area contributed by atoms with Gasteiger partial charge in [-0.3, -0.25) is 0 Å². The zero-order chi connectivity index (χ0) is 13.2. The molecule has 0 amide bonds. The van der Waals surface area contributed by atoms with Crippen molar-refractivity contribution < 1.29 is 23.0 Å². The second kappa shape index (κ2) is 4.52. The van der Waals surface area contributed by atoms with Gasteiger partial charge in [0.1, 0.15) is 11.5 Å². The van der Waals surface area contributed by atoms with Crippen LogP contribution in [0.5, 0.6) is 17.5 Å². The van der Waals surface area contributed by atoms with Crippen molar-refractivity contribution >= 4 is 0 Å². The third-order valence-corrected chi connectivity index (χ3v) is 1.95. The molecule has 0 spiro atoms. The van der Waals surface area contributed by atoms with E-state index in [4.69, 9.17) is 4.74 Å². The normalized spacial score (nSPS) is 11.3. The Bertz CT molecular complexity index is 558. The SMILES string of the molecule is Oc1cccc(Oc2nccc(C(F)(F)F)n2)c1. The molecule has 18 heavy (non-hydrogen) atoms. The van der Waals surface area contributed by atoms with Crippen molar-refractivity contribution in [2.24, 2.45) is 0 Å². The van der Waals surface area contributed by atoms with Crippen molar-refractivity contribution in [1.29, 1.82) is 0 Å². The maximum absolute atomic E-state index is 12.4. The monoisotopic (exact) mass is 256 g/mol. The molecule has 0 aliphatic rings. The second-order valence-corrected chi connectivity index (χ2v) is 3.32. The van der Waals surface area contributed by atoms with Crippen LogP contribution in [0.4, 0.5) is 13.2 Å². The third-order valence-electron chi connectivity index (χ3n) is 1.95. The Morgan fingerprint density at radius 1 is 1.17 bits per heavy atom. The Balaban J connectivity index is 2.25. The van der Waals surface area contributed by atoms with Gasteiger partial charge in [0.05, 0.1) is 0 Å². The fraction of sp³-hybridized carbons (Fsp3) is 0.0909. The lowest BCUT2D eigenvalue weighted by Gasteiger charge is -2.07. The van der Waals surface area contributed by atoms with Crippen LogP contribution >= 0.6 is 0 Å². The number of phenols is 1. The van der Waals surface area contributed by atoms with Crippen molar-refractivity contribution in [2.45, 2.75) is 6.18 Å². The predicted molar refractivity (Wildman–Crippen MR) is 55.2 cm³/mol. The molecule has 94 valence electrons. The molecule has 1 N–H and O–H groups in total. The highest BCUT2D eigenvalue weighted by molar-refractivity contribution is 5.33. The van der Waals surface area contributed by atoms with Gasteiger partial charge in [-0.15, -0.1) is 0 Å². The number of aromatic nitrogens is 2. The zero-order valence-electron chi connectivity index (χ0n) is 8.85. The molecule has 0 saturated carbocycles. The van der Waals surface area contributed by atoms with E-state index in [1.54, 1.807) is 0 Å². The number of halogens is 3. The summed E-state index contributed by atoms with van der Waals surface area (Å²) in [7, 11) is 0. The minimum atomic E-state index is -4.56. The minimum absolute atomic E-state index is 0.0699. The van der Waals surface area contributed by atoms with Gasteiger partial charge < -0.3 is 9.84 Å². The van der Waals surface area contributed by atoms with Crippen LogP contribution in [0.15, 0.2) is 36.5 Å². The molecular weight excluding hydrogens is 249 g/mol. The van der Waals surface area contributed by atoms with Gasteiger partial charge in [0.15, 0.2) is 5.69 Å². The van der Waals surface area contributed by atoms with Gasteiger partial charge in [-0.2, -0.15) is 18.2 Å². The molecule has 1 aromatic carbocycles.